The fourth-order valence-electron chi connectivity index (χ4n) is 3.09. The average molecular weight is 256 g/mol. The molecule has 18 heavy (non-hydrogen) atoms. The van der Waals surface area contributed by atoms with Gasteiger partial charge in [-0.05, 0) is 42.7 Å². The molecule has 1 saturated heterocycles. The minimum atomic E-state index is -4.29. The van der Waals surface area contributed by atoms with Gasteiger partial charge in [-0.1, -0.05) is 0 Å². The molecule has 1 aromatic heterocycles. The molecule has 0 atom stereocenters. The van der Waals surface area contributed by atoms with Crippen LogP contribution >= 0.6 is 0 Å². The van der Waals surface area contributed by atoms with Gasteiger partial charge in [0.05, 0.1) is 5.56 Å². The van der Waals surface area contributed by atoms with E-state index in [1.54, 1.807) is 0 Å². The van der Waals surface area contributed by atoms with Gasteiger partial charge in [0.25, 0.3) is 0 Å². The number of hydrogen-bond acceptors (Lipinski definition) is 2. The molecule has 0 unspecified atom stereocenters. The highest BCUT2D eigenvalue weighted by atomic mass is 19.4. The van der Waals surface area contributed by atoms with E-state index in [-0.39, 0.29) is 0 Å². The van der Waals surface area contributed by atoms with Crippen molar-refractivity contribution in [3.05, 3.63) is 29.6 Å². The maximum absolute atomic E-state index is 12.4. The molecule has 2 aliphatic rings. The average Bonchev–Trinajstić information content (AvgIpc) is 2.19. The molecule has 2 fully saturated rings. The van der Waals surface area contributed by atoms with E-state index in [9.17, 15) is 13.2 Å². The molecule has 1 spiro atoms. The van der Waals surface area contributed by atoms with Crippen molar-refractivity contribution in [1.82, 2.24) is 10.3 Å². The number of rotatable bonds is 2. The van der Waals surface area contributed by atoms with Crippen molar-refractivity contribution in [2.45, 2.75) is 25.4 Å². The summed E-state index contributed by atoms with van der Waals surface area (Å²) in [6.07, 6.45) is -0.177. The third-order valence-electron chi connectivity index (χ3n) is 4.09. The molecule has 2 heterocycles. The Balaban J connectivity index is 1.57. The second kappa shape index (κ2) is 3.95. The Morgan fingerprint density at radius 2 is 2.00 bits per heavy atom. The molecule has 0 amide bonds. The lowest BCUT2D eigenvalue weighted by molar-refractivity contribution is -0.137. The number of alkyl halides is 3. The number of pyridine rings is 1. The summed E-state index contributed by atoms with van der Waals surface area (Å²) >= 11 is 0. The predicted molar refractivity (Wildman–Crippen MR) is 61.0 cm³/mol. The van der Waals surface area contributed by atoms with Crippen molar-refractivity contribution in [2.75, 3.05) is 13.1 Å². The minimum Gasteiger partial charge on any atom is -0.316 e. The lowest BCUT2D eigenvalue weighted by Gasteiger charge is -2.54. The van der Waals surface area contributed by atoms with Crippen molar-refractivity contribution in [3.8, 4) is 0 Å². The van der Waals surface area contributed by atoms with Crippen molar-refractivity contribution < 1.29 is 13.2 Å². The Morgan fingerprint density at radius 3 is 2.44 bits per heavy atom. The highest BCUT2D eigenvalue weighted by Crippen LogP contribution is 2.49. The molecule has 0 radical (unpaired) electrons. The van der Waals surface area contributed by atoms with E-state index in [0.717, 1.165) is 37.5 Å². The van der Waals surface area contributed by atoms with Crippen LogP contribution in [0.25, 0.3) is 0 Å². The zero-order chi connectivity index (χ0) is 12.8. The van der Waals surface area contributed by atoms with Crippen LogP contribution in [0.15, 0.2) is 18.3 Å². The van der Waals surface area contributed by atoms with Crippen LogP contribution in [0.5, 0.6) is 0 Å². The Morgan fingerprint density at radius 1 is 1.28 bits per heavy atom. The zero-order valence-corrected chi connectivity index (χ0v) is 9.93. The highest BCUT2D eigenvalue weighted by molar-refractivity contribution is 5.18. The van der Waals surface area contributed by atoms with Crippen LogP contribution in [0, 0.1) is 11.3 Å². The number of hydrogen-bond donors (Lipinski definition) is 1. The van der Waals surface area contributed by atoms with Gasteiger partial charge in [-0.2, -0.15) is 13.2 Å². The van der Waals surface area contributed by atoms with Crippen molar-refractivity contribution >= 4 is 0 Å². The van der Waals surface area contributed by atoms with E-state index < -0.39 is 11.7 Å². The summed E-state index contributed by atoms with van der Waals surface area (Å²) in [5, 5.41) is 3.27. The van der Waals surface area contributed by atoms with Crippen molar-refractivity contribution in [1.29, 1.82) is 0 Å². The van der Waals surface area contributed by atoms with Crippen LogP contribution in [-0.4, -0.2) is 18.1 Å². The van der Waals surface area contributed by atoms with Crippen LogP contribution in [0.4, 0.5) is 13.2 Å². The van der Waals surface area contributed by atoms with Crippen LogP contribution in [0.3, 0.4) is 0 Å². The molecular formula is C13H15F3N2. The van der Waals surface area contributed by atoms with Gasteiger partial charge in [0.1, 0.15) is 0 Å². The predicted octanol–water partition coefficient (Wildman–Crippen LogP) is 2.64. The standard InChI is InChI=1S/C13H15F3N2/c14-13(15,16)10-1-2-11(18-6-10)3-9-4-12(5-9)7-17-8-12/h1-2,6,9,17H,3-5,7-8H2. The van der Waals surface area contributed by atoms with E-state index in [2.05, 4.69) is 10.3 Å². The maximum atomic E-state index is 12.4. The molecule has 5 heteroatoms. The van der Waals surface area contributed by atoms with Crippen molar-refractivity contribution in [3.63, 3.8) is 0 Å². The summed E-state index contributed by atoms with van der Waals surface area (Å²) in [6.45, 7) is 2.20. The van der Waals surface area contributed by atoms with E-state index in [0.29, 0.717) is 11.3 Å². The largest absolute Gasteiger partial charge is 0.417 e. The van der Waals surface area contributed by atoms with Gasteiger partial charge in [-0.15, -0.1) is 0 Å². The SMILES string of the molecule is FC(F)(F)c1ccc(CC2CC3(CNC3)C2)nc1. The molecule has 98 valence electrons. The molecule has 3 rings (SSSR count). The maximum Gasteiger partial charge on any atom is 0.417 e. The molecule has 1 aromatic rings. The number of aromatic nitrogens is 1. The smallest absolute Gasteiger partial charge is 0.316 e. The highest BCUT2D eigenvalue weighted by Gasteiger charge is 2.48. The second-order valence-corrected chi connectivity index (χ2v) is 5.62. The fraction of sp³-hybridized carbons (Fsp3) is 0.615. The van der Waals surface area contributed by atoms with E-state index in [4.69, 9.17) is 0 Å². The van der Waals surface area contributed by atoms with E-state index in [1.165, 1.54) is 18.9 Å². The molecule has 0 bridgehead atoms. The van der Waals surface area contributed by atoms with E-state index in [1.807, 2.05) is 0 Å². The Hall–Kier alpha value is -1.10. The summed E-state index contributed by atoms with van der Waals surface area (Å²) in [6, 6.07) is 2.63. The number of nitrogens with one attached hydrogen (secondary N) is 1. The van der Waals surface area contributed by atoms with Gasteiger partial charge in [-0.25, -0.2) is 0 Å². The van der Waals surface area contributed by atoms with Crippen LogP contribution < -0.4 is 5.32 Å². The number of halogens is 3. The quantitative estimate of drug-likeness (QED) is 0.880. The number of nitrogens with zero attached hydrogens (tertiary/aromatic N) is 1. The molecule has 0 aromatic carbocycles. The minimum absolute atomic E-state index is 0.510. The Kier molecular flexibility index (Phi) is 2.62. The summed E-state index contributed by atoms with van der Waals surface area (Å²) in [5.74, 6) is 0.594. The fourth-order valence-corrected chi connectivity index (χ4v) is 3.09. The molecular weight excluding hydrogens is 241 g/mol. The molecule has 1 aliphatic carbocycles. The first-order valence-electron chi connectivity index (χ1n) is 6.20. The normalized spacial score (nSPS) is 22.6. The monoisotopic (exact) mass is 256 g/mol. The summed E-state index contributed by atoms with van der Waals surface area (Å²) in [4.78, 5) is 3.92. The van der Waals surface area contributed by atoms with Gasteiger partial charge < -0.3 is 5.32 Å². The lowest BCUT2D eigenvalue weighted by atomic mass is 9.57. The van der Waals surface area contributed by atoms with Crippen LogP contribution in [0.2, 0.25) is 0 Å². The third kappa shape index (κ3) is 2.11. The van der Waals surface area contributed by atoms with E-state index >= 15 is 0 Å². The van der Waals surface area contributed by atoms with Gasteiger partial charge in [-0.3, -0.25) is 4.98 Å². The third-order valence-corrected chi connectivity index (χ3v) is 4.09. The topological polar surface area (TPSA) is 24.9 Å². The van der Waals surface area contributed by atoms with Crippen molar-refractivity contribution in [2.24, 2.45) is 11.3 Å². The summed E-state index contributed by atoms with van der Waals surface area (Å²) < 4.78 is 37.1. The molecule has 1 N–H and O–H groups in total. The van der Waals surface area contributed by atoms with Gasteiger partial charge in [0.2, 0.25) is 0 Å². The molecule has 1 saturated carbocycles. The molecule has 1 aliphatic heterocycles. The van der Waals surface area contributed by atoms with Gasteiger partial charge >= 0.3 is 6.18 Å². The van der Waals surface area contributed by atoms with Gasteiger partial charge in [0, 0.05) is 25.0 Å². The summed E-state index contributed by atoms with van der Waals surface area (Å²) in [5.41, 5.74) is 0.617. The zero-order valence-electron chi connectivity index (χ0n) is 9.93. The van der Waals surface area contributed by atoms with Crippen LogP contribution in [-0.2, 0) is 12.6 Å². The first-order valence-corrected chi connectivity index (χ1v) is 6.20. The molecule has 2 nitrogen and oxygen atoms in total. The first kappa shape index (κ1) is 12.0. The second-order valence-electron chi connectivity index (χ2n) is 5.62. The Labute approximate surface area is 104 Å². The van der Waals surface area contributed by atoms with Crippen LogP contribution in [0.1, 0.15) is 24.1 Å². The summed E-state index contributed by atoms with van der Waals surface area (Å²) in [7, 11) is 0. The lowest BCUT2D eigenvalue weighted by Crippen LogP contribution is -2.60. The first-order chi connectivity index (χ1) is 8.47. The Bertz CT molecular complexity index is 427. The van der Waals surface area contributed by atoms with Gasteiger partial charge in [0.15, 0.2) is 0 Å².